The van der Waals surface area contributed by atoms with E-state index in [1.54, 1.807) is 6.92 Å². The smallest absolute Gasteiger partial charge is 0.326 e. The Kier molecular flexibility index (Phi) is 7.02. The summed E-state index contributed by atoms with van der Waals surface area (Å²) in [7, 11) is 2.92. The zero-order valence-electron chi connectivity index (χ0n) is 17.9. The van der Waals surface area contributed by atoms with E-state index in [2.05, 4.69) is 10.3 Å². The molecule has 2 aromatic rings. The third-order valence-electron chi connectivity index (χ3n) is 5.14. The standard InChI is InChI=1S/C23H25F2N3O3/c1-14-20(13-30-3)27-23(31-4)28(21(14)17-10-11-18(24)19(25)12-17)22(29)26-15(2)16-8-6-5-7-9-16/h5-12,15,21H,13H2,1-4H3,(H,26,29). The van der Waals surface area contributed by atoms with Crippen LogP contribution >= 0.6 is 0 Å². The van der Waals surface area contributed by atoms with Gasteiger partial charge < -0.3 is 14.8 Å². The number of benzene rings is 2. The minimum absolute atomic E-state index is 0.0325. The number of hydrogen-bond acceptors (Lipinski definition) is 4. The Morgan fingerprint density at radius 1 is 1.16 bits per heavy atom. The predicted octanol–water partition coefficient (Wildman–Crippen LogP) is 4.72. The number of ether oxygens (including phenoxy) is 2. The van der Waals surface area contributed by atoms with E-state index in [0.29, 0.717) is 16.8 Å². The van der Waals surface area contributed by atoms with Crippen LogP contribution in [0.1, 0.15) is 37.1 Å². The van der Waals surface area contributed by atoms with Gasteiger partial charge in [-0.3, -0.25) is 0 Å². The maximum absolute atomic E-state index is 14.0. The van der Waals surface area contributed by atoms with Crippen molar-refractivity contribution in [3.8, 4) is 0 Å². The van der Waals surface area contributed by atoms with E-state index in [9.17, 15) is 13.6 Å². The first-order chi connectivity index (χ1) is 14.9. The molecule has 0 saturated carbocycles. The fourth-order valence-electron chi connectivity index (χ4n) is 3.51. The molecule has 0 fully saturated rings. The van der Waals surface area contributed by atoms with Crippen LogP contribution in [0.25, 0.3) is 0 Å². The molecule has 0 bridgehead atoms. The molecule has 6 nitrogen and oxygen atoms in total. The second kappa shape index (κ2) is 9.70. The average Bonchev–Trinajstić information content (AvgIpc) is 2.77. The highest BCUT2D eigenvalue weighted by Gasteiger charge is 2.37. The van der Waals surface area contributed by atoms with Crippen molar-refractivity contribution in [2.24, 2.45) is 4.99 Å². The predicted molar refractivity (Wildman–Crippen MR) is 113 cm³/mol. The summed E-state index contributed by atoms with van der Waals surface area (Å²) in [5.74, 6) is -1.97. The number of amides is 2. The first kappa shape index (κ1) is 22.4. The molecular formula is C23H25F2N3O3. The lowest BCUT2D eigenvalue weighted by Crippen LogP contribution is -2.49. The molecular weight excluding hydrogens is 404 g/mol. The molecule has 0 aliphatic carbocycles. The van der Waals surface area contributed by atoms with Gasteiger partial charge in [-0.15, -0.1) is 0 Å². The summed E-state index contributed by atoms with van der Waals surface area (Å²) in [6.07, 6.45) is 0. The number of carbonyl (C=O) groups is 1. The Hall–Kier alpha value is -3.26. The first-order valence-corrected chi connectivity index (χ1v) is 9.78. The van der Waals surface area contributed by atoms with Gasteiger partial charge >= 0.3 is 12.1 Å². The van der Waals surface area contributed by atoms with Crippen molar-refractivity contribution in [3.63, 3.8) is 0 Å². The van der Waals surface area contributed by atoms with Crippen molar-refractivity contribution in [2.75, 3.05) is 20.8 Å². The number of rotatable bonds is 5. The molecule has 31 heavy (non-hydrogen) atoms. The van der Waals surface area contributed by atoms with Gasteiger partial charge in [0.05, 0.1) is 31.5 Å². The van der Waals surface area contributed by atoms with Gasteiger partial charge in [-0.2, -0.15) is 4.99 Å². The molecule has 1 N–H and O–H groups in total. The fourth-order valence-corrected chi connectivity index (χ4v) is 3.51. The Bertz CT molecular complexity index is 1010. The highest BCUT2D eigenvalue weighted by molar-refractivity contribution is 5.95. The van der Waals surface area contributed by atoms with Crippen LogP contribution in [0.3, 0.4) is 0 Å². The molecule has 0 radical (unpaired) electrons. The maximum Gasteiger partial charge on any atom is 0.326 e. The molecule has 3 rings (SSSR count). The van der Waals surface area contributed by atoms with E-state index in [0.717, 1.165) is 17.7 Å². The molecule has 0 spiro atoms. The molecule has 0 aromatic heterocycles. The van der Waals surface area contributed by atoms with Crippen LogP contribution in [0, 0.1) is 11.6 Å². The zero-order chi connectivity index (χ0) is 22.5. The van der Waals surface area contributed by atoms with Crippen molar-refractivity contribution >= 4 is 12.1 Å². The van der Waals surface area contributed by atoms with Gasteiger partial charge in [0, 0.05) is 7.11 Å². The van der Waals surface area contributed by atoms with Gasteiger partial charge in [0.1, 0.15) is 0 Å². The fraction of sp³-hybridized carbons (Fsp3) is 0.304. The molecule has 2 atom stereocenters. The molecule has 1 aliphatic rings. The van der Waals surface area contributed by atoms with Crippen molar-refractivity contribution < 1.29 is 23.0 Å². The Morgan fingerprint density at radius 2 is 1.87 bits per heavy atom. The number of hydrogen-bond donors (Lipinski definition) is 1. The lowest BCUT2D eigenvalue weighted by molar-refractivity contribution is 0.187. The number of carbonyl (C=O) groups excluding carboxylic acids is 1. The van der Waals surface area contributed by atoms with Crippen molar-refractivity contribution in [2.45, 2.75) is 25.9 Å². The summed E-state index contributed by atoms with van der Waals surface area (Å²) in [6.45, 7) is 3.80. The number of aliphatic imine (C=N–C) groups is 1. The molecule has 1 aliphatic heterocycles. The zero-order valence-corrected chi connectivity index (χ0v) is 17.9. The minimum atomic E-state index is -1.00. The summed E-state index contributed by atoms with van der Waals surface area (Å²) in [6, 6.07) is 11.5. The summed E-state index contributed by atoms with van der Waals surface area (Å²) in [4.78, 5) is 19.1. The van der Waals surface area contributed by atoms with Gasteiger partial charge in [0.15, 0.2) is 11.6 Å². The lowest BCUT2D eigenvalue weighted by atomic mass is 9.95. The monoisotopic (exact) mass is 429 g/mol. The number of urea groups is 1. The van der Waals surface area contributed by atoms with E-state index >= 15 is 0 Å². The van der Waals surface area contributed by atoms with Crippen LogP contribution in [-0.2, 0) is 9.47 Å². The third kappa shape index (κ3) is 4.74. The molecule has 1 heterocycles. The number of amidine groups is 1. The largest absolute Gasteiger partial charge is 0.468 e. The molecule has 0 saturated heterocycles. The second-order valence-corrected chi connectivity index (χ2v) is 7.19. The molecule has 2 unspecified atom stereocenters. The first-order valence-electron chi connectivity index (χ1n) is 9.78. The van der Waals surface area contributed by atoms with Crippen molar-refractivity contribution in [1.82, 2.24) is 10.2 Å². The Labute approximate surface area is 180 Å². The van der Waals surface area contributed by atoms with Crippen LogP contribution in [0.15, 0.2) is 64.8 Å². The molecule has 2 amide bonds. The molecule has 8 heteroatoms. The Balaban J connectivity index is 2.02. The lowest BCUT2D eigenvalue weighted by Gasteiger charge is -2.36. The quantitative estimate of drug-likeness (QED) is 0.748. The van der Waals surface area contributed by atoms with Crippen LogP contribution < -0.4 is 5.32 Å². The van der Waals surface area contributed by atoms with E-state index in [1.807, 2.05) is 37.3 Å². The summed E-state index contributed by atoms with van der Waals surface area (Å²) >= 11 is 0. The van der Waals surface area contributed by atoms with Crippen LogP contribution in [0.4, 0.5) is 13.6 Å². The normalized spacial score (nSPS) is 17.3. The van der Waals surface area contributed by atoms with E-state index < -0.39 is 23.7 Å². The highest BCUT2D eigenvalue weighted by atomic mass is 19.2. The van der Waals surface area contributed by atoms with Crippen molar-refractivity contribution in [3.05, 3.63) is 82.6 Å². The van der Waals surface area contributed by atoms with Gasteiger partial charge in [0.2, 0.25) is 0 Å². The van der Waals surface area contributed by atoms with Gasteiger partial charge in [-0.1, -0.05) is 36.4 Å². The molecule has 2 aromatic carbocycles. The van der Waals surface area contributed by atoms with Crippen LogP contribution in [0.5, 0.6) is 0 Å². The van der Waals surface area contributed by atoms with Gasteiger partial charge in [0.25, 0.3) is 0 Å². The van der Waals surface area contributed by atoms with Crippen molar-refractivity contribution in [1.29, 1.82) is 0 Å². The van der Waals surface area contributed by atoms with Gasteiger partial charge in [-0.25, -0.2) is 18.5 Å². The van der Waals surface area contributed by atoms with Gasteiger partial charge in [-0.05, 0) is 42.7 Å². The van der Waals surface area contributed by atoms with Crippen LogP contribution in [-0.4, -0.2) is 37.8 Å². The van der Waals surface area contributed by atoms with E-state index in [4.69, 9.17) is 9.47 Å². The van der Waals surface area contributed by atoms with Crippen LogP contribution in [0.2, 0.25) is 0 Å². The highest BCUT2D eigenvalue weighted by Crippen LogP contribution is 2.36. The SMILES string of the molecule is COCC1=C(C)C(c2ccc(F)c(F)c2)N(C(=O)NC(C)c2ccccc2)C(OC)=N1. The Morgan fingerprint density at radius 3 is 2.48 bits per heavy atom. The number of nitrogens with one attached hydrogen (secondary N) is 1. The number of halogens is 2. The van der Waals surface area contributed by atoms with E-state index in [-0.39, 0.29) is 18.7 Å². The topological polar surface area (TPSA) is 63.2 Å². The van der Waals surface area contributed by atoms with E-state index in [1.165, 1.54) is 25.2 Å². The average molecular weight is 429 g/mol. The number of methoxy groups -OCH3 is 2. The minimum Gasteiger partial charge on any atom is -0.468 e. The summed E-state index contributed by atoms with van der Waals surface area (Å²) in [5, 5.41) is 2.93. The second-order valence-electron chi connectivity index (χ2n) is 7.19. The maximum atomic E-state index is 14.0. The number of nitrogens with zero attached hydrogens (tertiary/aromatic N) is 2. The summed E-state index contributed by atoms with van der Waals surface area (Å²) < 4.78 is 38.2. The molecule has 164 valence electrons. The third-order valence-corrected chi connectivity index (χ3v) is 5.14. The summed E-state index contributed by atoms with van der Waals surface area (Å²) in [5.41, 5.74) is 2.52.